The number of hydrogen-bond donors (Lipinski definition) is 3. The highest BCUT2D eigenvalue weighted by Gasteiger charge is 2.28. The summed E-state index contributed by atoms with van der Waals surface area (Å²) in [6, 6.07) is 7.84. The third kappa shape index (κ3) is 8.42. The van der Waals surface area contributed by atoms with Crippen LogP contribution in [0.25, 0.3) is 0 Å². The standard InChI is InChI=1S/C14H22IN2O4PS/c1-10(21-22(18,19)20-4)9-14(2,3)17-13(23)16-12-7-5-6-11(15)8-12/h5-8,10H,9H2,1-4H3,(H,18,19)(H2,16,17,23). The number of rotatable bonds is 7. The molecular weight excluding hydrogens is 450 g/mol. The zero-order valence-electron chi connectivity index (χ0n) is 13.5. The van der Waals surface area contributed by atoms with E-state index in [-0.39, 0.29) is 0 Å². The summed E-state index contributed by atoms with van der Waals surface area (Å²) in [7, 11) is -2.85. The summed E-state index contributed by atoms with van der Waals surface area (Å²) in [5, 5.41) is 6.78. The zero-order valence-corrected chi connectivity index (χ0v) is 17.4. The predicted octanol–water partition coefficient (Wildman–Crippen LogP) is 3.90. The van der Waals surface area contributed by atoms with Crippen molar-refractivity contribution in [1.82, 2.24) is 5.32 Å². The van der Waals surface area contributed by atoms with Crippen molar-refractivity contribution in [3.05, 3.63) is 27.8 Å². The SMILES string of the molecule is COP(=O)(O)OC(C)CC(C)(C)NC(=S)Nc1cccc(I)c1. The first-order valence-corrected chi connectivity index (χ1v) is 9.93. The maximum absolute atomic E-state index is 11.4. The van der Waals surface area contributed by atoms with Gasteiger partial charge in [0.2, 0.25) is 0 Å². The van der Waals surface area contributed by atoms with Gasteiger partial charge in [-0.1, -0.05) is 6.07 Å². The number of benzene rings is 1. The van der Waals surface area contributed by atoms with Crippen molar-refractivity contribution in [2.75, 3.05) is 12.4 Å². The first-order valence-electron chi connectivity index (χ1n) is 6.95. The van der Waals surface area contributed by atoms with Crippen LogP contribution in [0.5, 0.6) is 0 Å². The smallest absolute Gasteiger partial charge is 0.357 e. The molecule has 0 saturated heterocycles. The van der Waals surface area contributed by atoms with Crippen LogP contribution in [-0.4, -0.2) is 28.8 Å². The molecule has 9 heteroatoms. The van der Waals surface area contributed by atoms with E-state index in [4.69, 9.17) is 16.7 Å². The molecule has 1 aromatic rings. The number of anilines is 1. The molecule has 0 saturated carbocycles. The Morgan fingerprint density at radius 3 is 2.74 bits per heavy atom. The number of thiocarbonyl (C=S) groups is 1. The van der Waals surface area contributed by atoms with Crippen LogP contribution in [-0.2, 0) is 13.6 Å². The van der Waals surface area contributed by atoms with E-state index in [0.29, 0.717) is 11.5 Å². The molecule has 1 rings (SSSR count). The van der Waals surface area contributed by atoms with Crippen LogP contribution in [0, 0.1) is 3.57 Å². The Morgan fingerprint density at radius 1 is 1.52 bits per heavy atom. The number of phosphoric ester groups is 1. The fourth-order valence-corrected chi connectivity index (χ4v) is 3.67. The van der Waals surface area contributed by atoms with Gasteiger partial charge in [0.1, 0.15) is 0 Å². The van der Waals surface area contributed by atoms with Gasteiger partial charge < -0.3 is 15.5 Å². The average Bonchev–Trinajstić information content (AvgIpc) is 2.35. The second kappa shape index (κ2) is 8.73. The first-order chi connectivity index (χ1) is 10.5. The van der Waals surface area contributed by atoms with E-state index in [1.54, 1.807) is 6.92 Å². The van der Waals surface area contributed by atoms with Crippen molar-refractivity contribution in [3.8, 4) is 0 Å². The second-order valence-electron chi connectivity index (χ2n) is 5.74. The topological polar surface area (TPSA) is 79.8 Å². The summed E-state index contributed by atoms with van der Waals surface area (Å²) in [5.74, 6) is 0. The minimum absolute atomic E-state index is 0.431. The van der Waals surface area contributed by atoms with Crippen molar-refractivity contribution in [3.63, 3.8) is 0 Å². The second-order valence-corrected chi connectivity index (χ2v) is 8.91. The number of hydrogen-bond acceptors (Lipinski definition) is 4. The van der Waals surface area contributed by atoms with Gasteiger partial charge in [-0.05, 0) is 80.2 Å². The summed E-state index contributed by atoms with van der Waals surface area (Å²) in [5.41, 5.74) is 0.466. The van der Waals surface area contributed by atoms with Gasteiger partial charge in [0, 0.05) is 21.9 Å². The lowest BCUT2D eigenvalue weighted by molar-refractivity contribution is 0.109. The van der Waals surface area contributed by atoms with Gasteiger partial charge in [-0.15, -0.1) is 0 Å². The molecule has 0 bridgehead atoms. The van der Waals surface area contributed by atoms with Crippen LogP contribution < -0.4 is 10.6 Å². The molecule has 2 atom stereocenters. The molecule has 0 spiro atoms. The van der Waals surface area contributed by atoms with E-state index in [0.717, 1.165) is 16.4 Å². The summed E-state index contributed by atoms with van der Waals surface area (Å²) < 4.78 is 22.0. The summed E-state index contributed by atoms with van der Waals surface area (Å²) in [6.07, 6.45) is -0.0107. The van der Waals surface area contributed by atoms with E-state index in [2.05, 4.69) is 37.7 Å². The largest absolute Gasteiger partial charge is 0.472 e. The summed E-state index contributed by atoms with van der Waals surface area (Å²) >= 11 is 7.55. The highest BCUT2D eigenvalue weighted by Crippen LogP contribution is 2.44. The highest BCUT2D eigenvalue weighted by atomic mass is 127. The molecule has 23 heavy (non-hydrogen) atoms. The van der Waals surface area contributed by atoms with Crippen LogP contribution in [0.3, 0.4) is 0 Å². The van der Waals surface area contributed by atoms with E-state index in [1.807, 2.05) is 38.1 Å². The molecule has 0 aliphatic heterocycles. The van der Waals surface area contributed by atoms with Crippen molar-refractivity contribution < 1.29 is 18.5 Å². The fraction of sp³-hybridized carbons (Fsp3) is 0.500. The Labute approximate surface area is 156 Å². The molecular formula is C14H22IN2O4PS. The third-order valence-corrected chi connectivity index (χ3v) is 4.84. The predicted molar refractivity (Wildman–Crippen MR) is 105 cm³/mol. The van der Waals surface area contributed by atoms with Crippen LogP contribution in [0.2, 0.25) is 0 Å². The molecule has 0 aliphatic carbocycles. The number of phosphoric acid groups is 1. The van der Waals surface area contributed by atoms with Crippen molar-refractivity contribution in [2.45, 2.75) is 38.8 Å². The lowest BCUT2D eigenvalue weighted by atomic mass is 9.98. The van der Waals surface area contributed by atoms with Gasteiger partial charge in [0.25, 0.3) is 0 Å². The van der Waals surface area contributed by atoms with Gasteiger partial charge in [-0.2, -0.15) is 0 Å². The molecule has 0 heterocycles. The van der Waals surface area contributed by atoms with Crippen molar-refractivity contribution in [2.24, 2.45) is 0 Å². The summed E-state index contributed by atoms with van der Waals surface area (Å²) in [4.78, 5) is 9.35. The third-order valence-electron chi connectivity index (χ3n) is 2.88. The lowest BCUT2D eigenvalue weighted by Gasteiger charge is -2.31. The minimum atomic E-state index is -3.99. The quantitative estimate of drug-likeness (QED) is 0.316. The monoisotopic (exact) mass is 472 g/mol. The van der Waals surface area contributed by atoms with Crippen molar-refractivity contribution in [1.29, 1.82) is 0 Å². The van der Waals surface area contributed by atoms with Crippen LogP contribution in [0.15, 0.2) is 24.3 Å². The van der Waals surface area contributed by atoms with E-state index >= 15 is 0 Å². The van der Waals surface area contributed by atoms with Crippen LogP contribution in [0.4, 0.5) is 5.69 Å². The van der Waals surface area contributed by atoms with Gasteiger partial charge in [-0.3, -0.25) is 9.05 Å². The molecule has 0 radical (unpaired) electrons. The Morgan fingerprint density at radius 2 is 2.17 bits per heavy atom. The Hall–Kier alpha value is -0.250. The maximum atomic E-state index is 11.4. The first kappa shape index (κ1) is 20.8. The maximum Gasteiger partial charge on any atom is 0.472 e. The van der Waals surface area contributed by atoms with Crippen LogP contribution >= 0.6 is 42.6 Å². The molecule has 6 nitrogen and oxygen atoms in total. The van der Waals surface area contributed by atoms with Gasteiger partial charge in [0.05, 0.1) is 6.10 Å². The Bertz CT molecular complexity index is 600. The molecule has 130 valence electrons. The van der Waals surface area contributed by atoms with E-state index in [9.17, 15) is 9.46 Å². The van der Waals surface area contributed by atoms with Gasteiger partial charge in [-0.25, -0.2) is 4.57 Å². The number of nitrogens with one attached hydrogen (secondary N) is 2. The number of halogens is 1. The van der Waals surface area contributed by atoms with Gasteiger partial charge in [0.15, 0.2) is 5.11 Å². The molecule has 1 aromatic carbocycles. The Balaban J connectivity index is 2.56. The molecule has 0 aliphatic rings. The molecule has 0 aromatic heterocycles. The van der Waals surface area contributed by atoms with E-state index in [1.165, 1.54) is 0 Å². The normalized spacial score (nSPS) is 15.6. The molecule has 3 N–H and O–H groups in total. The lowest BCUT2D eigenvalue weighted by Crippen LogP contribution is -2.47. The highest BCUT2D eigenvalue weighted by molar-refractivity contribution is 14.1. The van der Waals surface area contributed by atoms with Crippen LogP contribution in [0.1, 0.15) is 27.2 Å². The molecule has 0 amide bonds. The molecule has 0 fully saturated rings. The Kier molecular flexibility index (Phi) is 7.89. The van der Waals surface area contributed by atoms with Crippen molar-refractivity contribution >= 4 is 53.4 Å². The zero-order chi connectivity index (χ0) is 17.7. The van der Waals surface area contributed by atoms with Gasteiger partial charge >= 0.3 is 7.82 Å². The average molecular weight is 472 g/mol. The fourth-order valence-electron chi connectivity index (χ4n) is 2.11. The molecule has 2 unspecified atom stereocenters. The van der Waals surface area contributed by atoms with E-state index < -0.39 is 19.5 Å². The summed E-state index contributed by atoms with van der Waals surface area (Å²) in [6.45, 7) is 5.58. The minimum Gasteiger partial charge on any atom is -0.357 e.